The molecule has 0 aromatic rings. The van der Waals surface area contributed by atoms with Gasteiger partial charge in [0, 0.05) is 0 Å². The van der Waals surface area contributed by atoms with Gasteiger partial charge in [-0.2, -0.15) is 0 Å². The van der Waals surface area contributed by atoms with E-state index in [-0.39, 0.29) is 10.1 Å². The van der Waals surface area contributed by atoms with Crippen LogP contribution in [0.5, 0.6) is 0 Å². The standard InChI is InChI=1S/C7HCl9/c8-1-2(9)6(13,14)5(12)3(10)7(15,16)4(1,5)11/h3H/t3-,4-,5-/m1/s1. The molecule has 0 N–H and O–H groups in total. The van der Waals surface area contributed by atoms with Crippen molar-refractivity contribution in [3.05, 3.63) is 10.1 Å². The predicted molar refractivity (Wildman–Crippen MR) is 74.4 cm³/mol. The SMILES string of the molecule is ClC1=C(Cl)[C@]2(Cl)C(Cl)(Cl)[C@H](Cl)[C@]2(Cl)C1(Cl)Cl. The molecule has 0 radical (unpaired) electrons. The van der Waals surface area contributed by atoms with Gasteiger partial charge in [-0.05, 0) is 0 Å². The van der Waals surface area contributed by atoms with Crippen LogP contribution in [0, 0.1) is 0 Å². The first-order valence-electron chi connectivity index (χ1n) is 3.81. The Labute approximate surface area is 137 Å². The fourth-order valence-electron chi connectivity index (χ4n) is 1.89. The molecule has 0 aliphatic heterocycles. The lowest BCUT2D eigenvalue weighted by Crippen LogP contribution is -2.80. The van der Waals surface area contributed by atoms with E-state index in [1.54, 1.807) is 0 Å². The van der Waals surface area contributed by atoms with Crippen LogP contribution in [0.4, 0.5) is 0 Å². The Morgan fingerprint density at radius 2 is 1.25 bits per heavy atom. The van der Waals surface area contributed by atoms with Gasteiger partial charge in [-0.3, -0.25) is 0 Å². The second-order valence-corrected chi connectivity index (χ2v) is 8.63. The minimum atomic E-state index is -1.74. The Morgan fingerprint density at radius 3 is 1.62 bits per heavy atom. The molecule has 0 aromatic carbocycles. The van der Waals surface area contributed by atoms with Crippen molar-refractivity contribution in [2.45, 2.75) is 23.8 Å². The largest absolute Gasteiger partial charge is 0.177 e. The van der Waals surface area contributed by atoms with Crippen molar-refractivity contribution < 1.29 is 0 Å². The zero-order valence-electron chi connectivity index (χ0n) is 6.98. The molecule has 9 heteroatoms. The minimum Gasteiger partial charge on any atom is -0.117 e. The molecule has 0 nitrogen and oxygen atoms in total. The van der Waals surface area contributed by atoms with Crippen LogP contribution in [-0.4, -0.2) is 23.8 Å². The monoisotopic (exact) mass is 400 g/mol. The molecule has 1 saturated carbocycles. The van der Waals surface area contributed by atoms with Crippen molar-refractivity contribution in [3.8, 4) is 0 Å². The summed E-state index contributed by atoms with van der Waals surface area (Å²) in [7, 11) is 0. The molecule has 3 atom stereocenters. The topological polar surface area (TPSA) is 0 Å². The average Bonchev–Trinajstić information content (AvgIpc) is 2.30. The van der Waals surface area contributed by atoms with Gasteiger partial charge in [0.15, 0.2) is 8.67 Å². The summed E-state index contributed by atoms with van der Waals surface area (Å²) in [6, 6.07) is 0. The highest BCUT2D eigenvalue weighted by molar-refractivity contribution is 6.72. The highest BCUT2D eigenvalue weighted by Crippen LogP contribution is 2.79. The Kier molecular flexibility index (Phi) is 3.42. The van der Waals surface area contributed by atoms with Crippen LogP contribution in [0.25, 0.3) is 0 Å². The second-order valence-electron chi connectivity index (χ2n) is 3.56. The smallest absolute Gasteiger partial charge is 0.117 e. The summed E-state index contributed by atoms with van der Waals surface area (Å²) in [5, 5.41) is -1.21. The molecule has 92 valence electrons. The van der Waals surface area contributed by atoms with Gasteiger partial charge < -0.3 is 0 Å². The maximum Gasteiger partial charge on any atom is 0.177 e. The van der Waals surface area contributed by atoms with Crippen LogP contribution >= 0.6 is 104 Å². The average molecular weight is 404 g/mol. The summed E-state index contributed by atoms with van der Waals surface area (Å²) in [6.07, 6.45) is 0. The quantitative estimate of drug-likeness (QED) is 0.461. The molecule has 0 spiro atoms. The Hall–Kier alpha value is 2.35. The Bertz CT molecular complexity index is 399. The van der Waals surface area contributed by atoms with E-state index in [2.05, 4.69) is 0 Å². The van der Waals surface area contributed by atoms with Crippen LogP contribution in [0.3, 0.4) is 0 Å². The molecule has 0 aromatic heterocycles. The number of fused-ring (bicyclic) bond motifs is 1. The molecule has 1 fully saturated rings. The summed E-state index contributed by atoms with van der Waals surface area (Å²) in [5.41, 5.74) is 0. The first kappa shape index (κ1) is 14.8. The van der Waals surface area contributed by atoms with Gasteiger partial charge in [0.2, 0.25) is 0 Å². The number of hydrogen-bond donors (Lipinski definition) is 0. The third-order valence-electron chi connectivity index (χ3n) is 2.86. The number of halogens is 9. The summed E-state index contributed by atoms with van der Waals surface area (Å²) in [5.74, 6) is 0. The van der Waals surface area contributed by atoms with E-state index >= 15 is 0 Å². The summed E-state index contributed by atoms with van der Waals surface area (Å²) in [6.45, 7) is 0. The number of hydrogen-bond acceptors (Lipinski definition) is 0. The van der Waals surface area contributed by atoms with Crippen LogP contribution in [0.15, 0.2) is 10.1 Å². The van der Waals surface area contributed by atoms with Gasteiger partial charge in [0.25, 0.3) is 0 Å². The fourth-order valence-corrected chi connectivity index (χ4v) is 6.44. The fraction of sp³-hybridized carbons (Fsp3) is 0.714. The van der Waals surface area contributed by atoms with Crippen molar-refractivity contribution in [1.82, 2.24) is 0 Å². The number of alkyl halides is 7. The Balaban J connectivity index is 2.71. The van der Waals surface area contributed by atoms with Gasteiger partial charge in [0.1, 0.15) is 9.75 Å². The third-order valence-corrected chi connectivity index (χ3v) is 9.21. The molecule has 0 heterocycles. The van der Waals surface area contributed by atoms with Crippen LogP contribution in [0.1, 0.15) is 0 Å². The number of allylic oxidation sites excluding steroid dienone is 2. The molecule has 2 aliphatic rings. The van der Waals surface area contributed by atoms with Gasteiger partial charge in [-0.1, -0.05) is 69.6 Å². The zero-order valence-corrected chi connectivity index (χ0v) is 13.8. The molecule has 0 amide bonds. The van der Waals surface area contributed by atoms with Crippen LogP contribution in [-0.2, 0) is 0 Å². The van der Waals surface area contributed by atoms with Crippen LogP contribution in [0.2, 0.25) is 0 Å². The second kappa shape index (κ2) is 3.71. The van der Waals surface area contributed by atoms with Crippen LogP contribution < -0.4 is 0 Å². The van der Waals surface area contributed by atoms with E-state index < -0.39 is 23.8 Å². The van der Waals surface area contributed by atoms with E-state index in [9.17, 15) is 0 Å². The van der Waals surface area contributed by atoms with Gasteiger partial charge in [0.05, 0.1) is 15.4 Å². The summed E-state index contributed by atoms with van der Waals surface area (Å²) < 4.78 is -3.35. The van der Waals surface area contributed by atoms with Crippen molar-refractivity contribution >= 4 is 104 Å². The third kappa shape index (κ3) is 1.17. The highest BCUT2D eigenvalue weighted by Gasteiger charge is 2.89. The molecule has 2 aliphatic carbocycles. The number of rotatable bonds is 0. The van der Waals surface area contributed by atoms with Gasteiger partial charge >= 0.3 is 0 Å². The van der Waals surface area contributed by atoms with E-state index in [0.29, 0.717) is 0 Å². The first-order valence-corrected chi connectivity index (χ1v) is 7.27. The van der Waals surface area contributed by atoms with Crippen molar-refractivity contribution in [2.75, 3.05) is 0 Å². The lowest BCUT2D eigenvalue weighted by molar-refractivity contribution is 0.284. The minimum absolute atomic E-state index is 0.0854. The van der Waals surface area contributed by atoms with E-state index in [0.717, 1.165) is 0 Å². The van der Waals surface area contributed by atoms with E-state index in [1.807, 2.05) is 0 Å². The molecule has 2 rings (SSSR count). The summed E-state index contributed by atoms with van der Waals surface area (Å²) in [4.78, 5) is -3.18. The maximum absolute atomic E-state index is 6.26. The first-order chi connectivity index (χ1) is 6.97. The molecule has 0 bridgehead atoms. The Morgan fingerprint density at radius 1 is 0.812 bits per heavy atom. The molecule has 0 saturated heterocycles. The lowest BCUT2D eigenvalue weighted by Gasteiger charge is -2.62. The summed E-state index contributed by atoms with van der Waals surface area (Å²) >= 11 is 54.4. The predicted octanol–water partition coefficient (Wildman–Crippen LogP) is 5.61. The van der Waals surface area contributed by atoms with Crippen molar-refractivity contribution in [1.29, 1.82) is 0 Å². The van der Waals surface area contributed by atoms with E-state index in [4.69, 9.17) is 104 Å². The molecule has 0 unspecified atom stereocenters. The van der Waals surface area contributed by atoms with Gasteiger partial charge in [-0.25, -0.2) is 0 Å². The highest BCUT2D eigenvalue weighted by atomic mass is 35.5. The van der Waals surface area contributed by atoms with E-state index in [1.165, 1.54) is 0 Å². The molecular weight excluding hydrogens is 403 g/mol. The van der Waals surface area contributed by atoms with Crippen molar-refractivity contribution in [2.24, 2.45) is 0 Å². The molecule has 16 heavy (non-hydrogen) atoms. The lowest BCUT2D eigenvalue weighted by atomic mass is 9.71. The molecular formula is C7HCl9. The maximum atomic E-state index is 6.26. The normalized spacial score (nSPS) is 48.9. The zero-order chi connectivity index (χ0) is 12.7. The van der Waals surface area contributed by atoms with Crippen molar-refractivity contribution in [3.63, 3.8) is 0 Å². The van der Waals surface area contributed by atoms with Gasteiger partial charge in [-0.15, -0.1) is 34.8 Å².